The Morgan fingerprint density at radius 3 is 2.55 bits per heavy atom. The molecule has 0 fully saturated rings. The van der Waals surface area contributed by atoms with Crippen molar-refractivity contribution in [2.24, 2.45) is 10.7 Å². The van der Waals surface area contributed by atoms with Gasteiger partial charge in [0.25, 0.3) is 0 Å². The van der Waals surface area contributed by atoms with E-state index in [1.165, 1.54) is 11.8 Å². The van der Waals surface area contributed by atoms with Crippen LogP contribution in [0.4, 0.5) is 5.69 Å². The molecule has 0 unspecified atom stereocenters. The van der Waals surface area contributed by atoms with Crippen molar-refractivity contribution in [2.75, 3.05) is 18.2 Å². The quantitative estimate of drug-likeness (QED) is 0.679. The molecule has 8 heteroatoms. The Hall–Kier alpha value is -3.26. The van der Waals surface area contributed by atoms with E-state index in [4.69, 9.17) is 10.5 Å². The minimum absolute atomic E-state index is 0.143. The molecular weight excluding hydrogens is 388 g/mol. The number of amidine groups is 1. The Morgan fingerprint density at radius 1 is 1.17 bits per heavy atom. The highest BCUT2D eigenvalue weighted by atomic mass is 32.2. The number of primary amides is 1. The first kappa shape index (κ1) is 20.5. The highest BCUT2D eigenvalue weighted by Gasteiger charge is 2.28. The Bertz CT molecular complexity index is 973. The van der Waals surface area contributed by atoms with E-state index in [1.54, 1.807) is 26.2 Å². The van der Waals surface area contributed by atoms with E-state index in [0.29, 0.717) is 27.9 Å². The Morgan fingerprint density at radius 2 is 1.86 bits per heavy atom. The summed E-state index contributed by atoms with van der Waals surface area (Å²) in [5.74, 6) is 0.0195. The first-order chi connectivity index (χ1) is 14.0. The SMILES string of the molecule is COc1ccccc1NC(=O)CSC1=N[C@H](c2ccccc2)C(C(N)=O)=C(C)N1. The fraction of sp³-hybridized carbons (Fsp3) is 0.190. The van der Waals surface area contributed by atoms with E-state index in [0.717, 1.165) is 5.56 Å². The average molecular weight is 410 g/mol. The summed E-state index contributed by atoms with van der Waals surface area (Å²) in [6.07, 6.45) is 0. The molecule has 2 aromatic carbocycles. The van der Waals surface area contributed by atoms with E-state index in [1.807, 2.05) is 42.5 Å². The van der Waals surface area contributed by atoms with Crippen molar-refractivity contribution >= 4 is 34.4 Å². The molecule has 150 valence electrons. The second-order valence-corrected chi connectivity index (χ2v) is 7.28. The standard InChI is InChI=1S/C21H22N4O3S/c1-13-18(20(22)27)19(14-8-4-3-5-9-14)25-21(23-13)29-12-17(26)24-15-10-6-7-11-16(15)28-2/h3-11,19H,12H2,1-2H3,(H2,22,27)(H,23,25)(H,24,26)/t19-/m1/s1. The number of amides is 2. The van der Waals surface area contributed by atoms with Crippen molar-refractivity contribution < 1.29 is 14.3 Å². The van der Waals surface area contributed by atoms with Crippen LogP contribution in [0.15, 0.2) is 70.9 Å². The van der Waals surface area contributed by atoms with Gasteiger partial charge in [-0.05, 0) is 24.6 Å². The topological polar surface area (TPSA) is 106 Å². The lowest BCUT2D eigenvalue weighted by molar-refractivity contribution is -0.115. The van der Waals surface area contributed by atoms with Crippen LogP contribution < -0.4 is 21.1 Å². The number of hydrogen-bond acceptors (Lipinski definition) is 6. The zero-order valence-corrected chi connectivity index (χ0v) is 17.0. The number of methoxy groups -OCH3 is 1. The fourth-order valence-electron chi connectivity index (χ4n) is 2.98. The zero-order valence-electron chi connectivity index (χ0n) is 16.1. The molecule has 0 spiro atoms. The predicted octanol–water partition coefficient (Wildman–Crippen LogP) is 2.83. The van der Waals surface area contributed by atoms with Gasteiger partial charge in [0.05, 0.1) is 24.1 Å². The molecule has 1 aliphatic heterocycles. The number of anilines is 1. The molecule has 0 aromatic heterocycles. The second-order valence-electron chi connectivity index (χ2n) is 6.31. The number of para-hydroxylation sites is 2. The predicted molar refractivity (Wildman–Crippen MR) is 116 cm³/mol. The fourth-order valence-corrected chi connectivity index (χ4v) is 3.73. The highest BCUT2D eigenvalue weighted by Crippen LogP contribution is 2.31. The molecule has 1 atom stereocenters. The maximum Gasteiger partial charge on any atom is 0.248 e. The molecule has 1 heterocycles. The van der Waals surface area contributed by atoms with Crippen LogP contribution in [0.3, 0.4) is 0 Å². The van der Waals surface area contributed by atoms with Crippen LogP contribution in [0.2, 0.25) is 0 Å². The summed E-state index contributed by atoms with van der Waals surface area (Å²) >= 11 is 1.25. The van der Waals surface area contributed by atoms with Crippen LogP contribution in [0.1, 0.15) is 18.5 Å². The van der Waals surface area contributed by atoms with Crippen LogP contribution >= 0.6 is 11.8 Å². The molecule has 0 bridgehead atoms. The van der Waals surface area contributed by atoms with Crippen LogP contribution in [0, 0.1) is 0 Å². The molecule has 0 saturated heterocycles. The Kier molecular flexibility index (Phi) is 6.56. The van der Waals surface area contributed by atoms with Crippen molar-refractivity contribution in [2.45, 2.75) is 13.0 Å². The van der Waals surface area contributed by atoms with Gasteiger partial charge in [0.2, 0.25) is 11.8 Å². The van der Waals surface area contributed by atoms with Crippen molar-refractivity contribution in [3.8, 4) is 5.75 Å². The summed E-state index contributed by atoms with van der Waals surface area (Å²) in [6.45, 7) is 1.78. The molecule has 1 aliphatic rings. The maximum absolute atomic E-state index is 12.4. The number of ether oxygens (including phenoxy) is 1. The number of carbonyl (C=O) groups is 2. The lowest BCUT2D eigenvalue weighted by Gasteiger charge is -2.25. The van der Waals surface area contributed by atoms with E-state index in [2.05, 4.69) is 15.6 Å². The molecular formula is C21H22N4O3S. The molecule has 7 nitrogen and oxygen atoms in total. The molecule has 0 saturated carbocycles. The van der Waals surface area contributed by atoms with Gasteiger partial charge in [-0.3, -0.25) is 9.59 Å². The number of thioether (sulfide) groups is 1. The maximum atomic E-state index is 12.4. The van der Waals surface area contributed by atoms with Crippen LogP contribution in [0.25, 0.3) is 0 Å². The van der Waals surface area contributed by atoms with E-state index in [-0.39, 0.29) is 11.7 Å². The van der Waals surface area contributed by atoms with Crippen molar-refractivity contribution in [3.63, 3.8) is 0 Å². The molecule has 2 aromatic rings. The van der Waals surface area contributed by atoms with Gasteiger partial charge in [0.1, 0.15) is 11.8 Å². The molecule has 0 radical (unpaired) electrons. The van der Waals surface area contributed by atoms with Gasteiger partial charge in [-0.25, -0.2) is 4.99 Å². The van der Waals surface area contributed by atoms with Gasteiger partial charge in [-0.15, -0.1) is 0 Å². The van der Waals surface area contributed by atoms with Crippen molar-refractivity contribution in [3.05, 3.63) is 71.4 Å². The number of nitrogens with zero attached hydrogens (tertiary/aromatic N) is 1. The summed E-state index contributed by atoms with van der Waals surface area (Å²) in [7, 11) is 1.55. The van der Waals surface area contributed by atoms with Gasteiger partial charge < -0.3 is 21.1 Å². The van der Waals surface area contributed by atoms with Crippen LogP contribution in [-0.4, -0.2) is 29.8 Å². The van der Waals surface area contributed by atoms with Gasteiger partial charge in [-0.2, -0.15) is 0 Å². The van der Waals surface area contributed by atoms with Gasteiger partial charge >= 0.3 is 0 Å². The normalized spacial score (nSPS) is 15.9. The lowest BCUT2D eigenvalue weighted by Crippen LogP contribution is -2.33. The Balaban J connectivity index is 1.72. The molecule has 29 heavy (non-hydrogen) atoms. The second kappa shape index (κ2) is 9.29. The number of carbonyl (C=O) groups excluding carboxylic acids is 2. The smallest absolute Gasteiger partial charge is 0.248 e. The number of rotatable bonds is 6. The summed E-state index contributed by atoms with van der Waals surface area (Å²) in [6, 6.07) is 16.2. The van der Waals surface area contributed by atoms with Crippen LogP contribution in [-0.2, 0) is 9.59 Å². The first-order valence-corrected chi connectivity index (χ1v) is 9.94. The molecule has 0 aliphatic carbocycles. The van der Waals surface area contributed by atoms with E-state index >= 15 is 0 Å². The van der Waals surface area contributed by atoms with Crippen molar-refractivity contribution in [1.29, 1.82) is 0 Å². The van der Waals surface area contributed by atoms with E-state index in [9.17, 15) is 9.59 Å². The third-order valence-corrected chi connectivity index (χ3v) is 5.21. The number of nitrogens with two attached hydrogens (primary N) is 1. The number of nitrogens with one attached hydrogen (secondary N) is 2. The minimum Gasteiger partial charge on any atom is -0.495 e. The third-order valence-electron chi connectivity index (χ3n) is 4.32. The largest absolute Gasteiger partial charge is 0.495 e. The summed E-state index contributed by atoms with van der Waals surface area (Å²) in [4.78, 5) is 29.0. The third kappa shape index (κ3) is 4.97. The number of aliphatic imine (C=N–C) groups is 1. The number of benzene rings is 2. The molecule has 3 rings (SSSR count). The van der Waals surface area contributed by atoms with Crippen LogP contribution in [0.5, 0.6) is 5.75 Å². The minimum atomic E-state index is -0.523. The average Bonchev–Trinajstić information content (AvgIpc) is 2.72. The monoisotopic (exact) mass is 410 g/mol. The summed E-state index contributed by atoms with van der Waals surface area (Å²) in [5, 5.41) is 6.46. The van der Waals surface area contributed by atoms with Gasteiger partial charge in [-0.1, -0.05) is 54.2 Å². The summed E-state index contributed by atoms with van der Waals surface area (Å²) < 4.78 is 5.24. The van der Waals surface area contributed by atoms with Crippen molar-refractivity contribution in [1.82, 2.24) is 5.32 Å². The van der Waals surface area contributed by atoms with Gasteiger partial charge in [0.15, 0.2) is 5.17 Å². The zero-order chi connectivity index (χ0) is 20.8. The molecule has 2 amide bonds. The van der Waals surface area contributed by atoms with Gasteiger partial charge in [0, 0.05) is 5.70 Å². The first-order valence-electron chi connectivity index (χ1n) is 8.95. The number of hydrogen-bond donors (Lipinski definition) is 3. The lowest BCUT2D eigenvalue weighted by atomic mass is 9.96. The van der Waals surface area contributed by atoms with E-state index < -0.39 is 11.9 Å². The number of allylic oxidation sites excluding steroid dienone is 1. The highest BCUT2D eigenvalue weighted by molar-refractivity contribution is 8.14. The summed E-state index contributed by atoms with van der Waals surface area (Å²) in [5.41, 5.74) is 8.09. The Labute approximate surface area is 173 Å². The molecule has 4 N–H and O–H groups in total.